The molecule has 0 radical (unpaired) electrons. The molecule has 1 fully saturated rings. The van der Waals surface area contributed by atoms with E-state index in [-0.39, 0.29) is 12.1 Å². The maximum atomic E-state index is 12.8. The molecule has 4 rings (SSSR count). The average Bonchev–Trinajstić information content (AvgIpc) is 3.10. The van der Waals surface area contributed by atoms with Crippen LogP contribution in [-0.2, 0) is 4.74 Å². The Morgan fingerprint density at radius 3 is 2.93 bits per heavy atom. The topological polar surface area (TPSA) is 109 Å². The van der Waals surface area contributed by atoms with E-state index in [1.807, 2.05) is 45.0 Å². The molecule has 1 aliphatic rings. The molecular weight excluding hydrogens is 368 g/mol. The van der Waals surface area contributed by atoms with Gasteiger partial charge in [0.25, 0.3) is 0 Å². The second kappa shape index (κ2) is 7.36. The molecule has 0 saturated carbocycles. The average molecular weight is 394 g/mol. The van der Waals surface area contributed by atoms with Gasteiger partial charge in [-0.15, -0.1) is 0 Å². The number of carbonyl (C=O) groups is 1. The zero-order valence-electron chi connectivity index (χ0n) is 16.9. The Morgan fingerprint density at radius 2 is 2.14 bits per heavy atom. The van der Waals surface area contributed by atoms with E-state index in [1.165, 1.54) is 0 Å². The lowest BCUT2D eigenvalue weighted by Crippen LogP contribution is -2.50. The third-order valence-electron chi connectivity index (χ3n) is 4.86. The minimum Gasteiger partial charge on any atom is -0.444 e. The molecule has 152 valence electrons. The quantitative estimate of drug-likeness (QED) is 0.616. The lowest BCUT2D eigenvalue weighted by molar-refractivity contribution is 0.0118. The van der Waals surface area contributed by atoms with Gasteiger partial charge in [-0.3, -0.25) is 10.00 Å². The molecule has 1 atom stereocenters. The molecular formula is C21H26N6O2. The highest BCUT2D eigenvalue weighted by Gasteiger charge is 2.31. The van der Waals surface area contributed by atoms with Crippen molar-refractivity contribution in [3.05, 3.63) is 42.1 Å². The molecule has 1 amide bonds. The summed E-state index contributed by atoms with van der Waals surface area (Å²) in [6.07, 6.45) is 1.30. The molecule has 1 unspecified atom stereocenters. The van der Waals surface area contributed by atoms with Gasteiger partial charge in [0, 0.05) is 30.6 Å². The smallest absolute Gasteiger partial charge is 0.410 e. The number of nitrogens with one attached hydrogen (secondary N) is 2. The predicted molar refractivity (Wildman–Crippen MR) is 112 cm³/mol. The third kappa shape index (κ3) is 4.02. The number of anilines is 1. The van der Waals surface area contributed by atoms with Crippen LogP contribution in [-0.4, -0.2) is 51.4 Å². The molecule has 0 bridgehead atoms. The van der Waals surface area contributed by atoms with Crippen LogP contribution in [0.15, 0.2) is 36.5 Å². The molecule has 0 spiro atoms. The van der Waals surface area contributed by atoms with Gasteiger partial charge >= 0.3 is 6.09 Å². The fourth-order valence-corrected chi connectivity index (χ4v) is 3.58. The second-order valence-corrected chi connectivity index (χ2v) is 8.26. The first-order valence-electron chi connectivity index (χ1n) is 9.72. The summed E-state index contributed by atoms with van der Waals surface area (Å²) in [5.74, 6) is 0. The molecule has 1 saturated heterocycles. The van der Waals surface area contributed by atoms with E-state index >= 15 is 0 Å². The van der Waals surface area contributed by atoms with Crippen molar-refractivity contribution in [2.45, 2.75) is 32.4 Å². The Balaban J connectivity index is 1.68. The van der Waals surface area contributed by atoms with Crippen molar-refractivity contribution in [3.8, 4) is 11.3 Å². The summed E-state index contributed by atoms with van der Waals surface area (Å²) in [4.78, 5) is 18.8. The number of nitrogens with two attached hydrogens (primary N) is 1. The van der Waals surface area contributed by atoms with Crippen LogP contribution in [0.5, 0.6) is 0 Å². The minimum absolute atomic E-state index is 0.115. The van der Waals surface area contributed by atoms with E-state index in [0.717, 1.165) is 28.8 Å². The van der Waals surface area contributed by atoms with Crippen molar-refractivity contribution in [1.82, 2.24) is 25.4 Å². The molecule has 1 aliphatic heterocycles. The van der Waals surface area contributed by atoms with Crippen LogP contribution in [0, 0.1) is 0 Å². The number of benzene rings is 1. The molecule has 3 aromatic rings. The summed E-state index contributed by atoms with van der Waals surface area (Å²) in [5.41, 5.74) is 9.43. The minimum atomic E-state index is -0.532. The Bertz CT molecular complexity index is 1040. The standard InChI is InChI=1S/C21H26N6O2/c1-21(2,3)29-20(28)27-8-7-23-12-17(27)13-5-4-6-14(9-13)18-16-10-15(22)11-24-19(16)26-25-18/h4-6,9-11,17,23H,7-8,12,22H2,1-3H3,(H,24,25,26). The lowest BCUT2D eigenvalue weighted by atomic mass is 9.99. The molecule has 2 aromatic heterocycles. The van der Waals surface area contributed by atoms with E-state index in [9.17, 15) is 4.79 Å². The highest BCUT2D eigenvalue weighted by Crippen LogP contribution is 2.31. The molecule has 29 heavy (non-hydrogen) atoms. The summed E-state index contributed by atoms with van der Waals surface area (Å²) in [5, 5.41) is 11.6. The number of nitrogens with zero attached hydrogens (tertiary/aromatic N) is 3. The van der Waals surface area contributed by atoms with Gasteiger partial charge < -0.3 is 15.8 Å². The van der Waals surface area contributed by atoms with Crippen molar-refractivity contribution in [2.24, 2.45) is 0 Å². The van der Waals surface area contributed by atoms with Crippen LogP contribution in [0.25, 0.3) is 22.3 Å². The van der Waals surface area contributed by atoms with Crippen molar-refractivity contribution >= 4 is 22.8 Å². The summed E-state index contributed by atoms with van der Waals surface area (Å²) < 4.78 is 5.62. The number of pyridine rings is 1. The number of H-pyrrole nitrogens is 1. The Kier molecular flexibility index (Phi) is 4.87. The molecule has 1 aromatic carbocycles. The summed E-state index contributed by atoms with van der Waals surface area (Å²) in [7, 11) is 0. The molecule has 3 heterocycles. The summed E-state index contributed by atoms with van der Waals surface area (Å²) >= 11 is 0. The molecule has 8 heteroatoms. The number of piperazine rings is 1. The Labute approximate surface area is 169 Å². The van der Waals surface area contributed by atoms with Gasteiger partial charge in [0.1, 0.15) is 5.60 Å². The van der Waals surface area contributed by atoms with Gasteiger partial charge in [-0.25, -0.2) is 9.78 Å². The van der Waals surface area contributed by atoms with Gasteiger partial charge in [0.05, 0.1) is 23.6 Å². The number of rotatable bonds is 2. The largest absolute Gasteiger partial charge is 0.444 e. The first-order chi connectivity index (χ1) is 13.8. The maximum absolute atomic E-state index is 12.8. The van der Waals surface area contributed by atoms with E-state index in [4.69, 9.17) is 10.5 Å². The zero-order valence-corrected chi connectivity index (χ0v) is 16.9. The first kappa shape index (κ1) is 19.2. The number of aromatic amines is 1. The SMILES string of the molecule is CC(C)(C)OC(=O)N1CCNCC1c1cccc(-c2[nH]nc3ncc(N)cc23)c1. The van der Waals surface area contributed by atoms with Crippen molar-refractivity contribution in [3.63, 3.8) is 0 Å². The van der Waals surface area contributed by atoms with E-state index < -0.39 is 5.60 Å². The van der Waals surface area contributed by atoms with Crippen LogP contribution in [0.3, 0.4) is 0 Å². The van der Waals surface area contributed by atoms with Crippen LogP contribution in [0.2, 0.25) is 0 Å². The van der Waals surface area contributed by atoms with Crippen LogP contribution < -0.4 is 11.1 Å². The van der Waals surface area contributed by atoms with Crippen molar-refractivity contribution in [1.29, 1.82) is 0 Å². The van der Waals surface area contributed by atoms with Crippen LogP contribution >= 0.6 is 0 Å². The van der Waals surface area contributed by atoms with Gasteiger partial charge in [-0.1, -0.05) is 18.2 Å². The molecule has 0 aliphatic carbocycles. The lowest BCUT2D eigenvalue weighted by Gasteiger charge is -2.37. The fourth-order valence-electron chi connectivity index (χ4n) is 3.58. The maximum Gasteiger partial charge on any atom is 0.410 e. The van der Waals surface area contributed by atoms with Gasteiger partial charge in [-0.2, -0.15) is 5.10 Å². The second-order valence-electron chi connectivity index (χ2n) is 8.26. The monoisotopic (exact) mass is 394 g/mol. The Hall–Kier alpha value is -3.13. The molecule has 8 nitrogen and oxygen atoms in total. The summed E-state index contributed by atoms with van der Waals surface area (Å²) in [6, 6.07) is 9.85. The number of amides is 1. The number of aromatic nitrogens is 3. The highest BCUT2D eigenvalue weighted by molar-refractivity contribution is 5.92. The predicted octanol–water partition coefficient (Wildman–Crippen LogP) is 3.09. The van der Waals surface area contributed by atoms with E-state index in [0.29, 0.717) is 24.4 Å². The third-order valence-corrected chi connectivity index (χ3v) is 4.86. The number of fused-ring (bicyclic) bond motifs is 1. The Morgan fingerprint density at radius 1 is 1.31 bits per heavy atom. The number of ether oxygens (including phenoxy) is 1. The van der Waals surface area contributed by atoms with Gasteiger partial charge in [0.15, 0.2) is 5.65 Å². The number of hydrogen-bond donors (Lipinski definition) is 3. The van der Waals surface area contributed by atoms with E-state index in [2.05, 4.69) is 26.6 Å². The zero-order chi connectivity index (χ0) is 20.6. The summed E-state index contributed by atoms with van der Waals surface area (Å²) in [6.45, 7) is 7.65. The van der Waals surface area contributed by atoms with Gasteiger partial charge in [0.2, 0.25) is 0 Å². The van der Waals surface area contributed by atoms with Crippen molar-refractivity contribution < 1.29 is 9.53 Å². The molecule has 4 N–H and O–H groups in total. The van der Waals surface area contributed by atoms with Gasteiger partial charge in [-0.05, 0) is 38.5 Å². The van der Waals surface area contributed by atoms with Crippen LogP contribution in [0.4, 0.5) is 10.5 Å². The first-order valence-corrected chi connectivity index (χ1v) is 9.72. The van der Waals surface area contributed by atoms with E-state index in [1.54, 1.807) is 11.1 Å². The number of hydrogen-bond acceptors (Lipinski definition) is 6. The normalized spacial score (nSPS) is 17.5. The highest BCUT2D eigenvalue weighted by atomic mass is 16.6. The number of nitrogen functional groups attached to an aromatic ring is 1. The van der Waals surface area contributed by atoms with Crippen LogP contribution in [0.1, 0.15) is 32.4 Å². The van der Waals surface area contributed by atoms with Crippen molar-refractivity contribution in [2.75, 3.05) is 25.4 Å². The number of carbonyl (C=O) groups excluding carboxylic acids is 1. The fraction of sp³-hybridized carbons (Fsp3) is 0.381.